The van der Waals surface area contributed by atoms with Crippen molar-refractivity contribution in [1.29, 1.82) is 0 Å². The van der Waals surface area contributed by atoms with Crippen molar-refractivity contribution in [3.8, 4) is 0 Å². The molecule has 0 spiro atoms. The molecule has 1 aromatic heterocycles. The largest absolute Gasteiger partial charge is 0.383 e. The van der Waals surface area contributed by atoms with Crippen LogP contribution in [-0.4, -0.2) is 28.6 Å². The average Bonchev–Trinajstić information content (AvgIpc) is 2.48. The molecule has 1 amide bonds. The fourth-order valence-electron chi connectivity index (χ4n) is 1.91. The van der Waals surface area contributed by atoms with E-state index in [1.807, 2.05) is 6.92 Å². The Hall–Kier alpha value is -2.25. The van der Waals surface area contributed by atoms with Crippen LogP contribution in [0, 0.1) is 0 Å². The average molecular weight is 297 g/mol. The molecule has 0 aromatic carbocycles. The first-order valence-corrected chi connectivity index (χ1v) is 6.97. The first-order valence-electron chi connectivity index (χ1n) is 6.97. The summed E-state index contributed by atoms with van der Waals surface area (Å²) in [6, 6.07) is 0. The van der Waals surface area contributed by atoms with E-state index >= 15 is 0 Å². The third kappa shape index (κ3) is 3.87. The minimum atomic E-state index is -0.484. The number of hydrogen-bond acceptors (Lipinski definition) is 5. The molecule has 21 heavy (non-hydrogen) atoms. The number of nitrogens with zero attached hydrogens (tertiary/aromatic N) is 2. The van der Waals surface area contributed by atoms with E-state index in [1.54, 1.807) is 7.05 Å². The molecular weight excluding hydrogens is 274 g/mol. The maximum atomic E-state index is 12.1. The number of aromatic nitrogens is 2. The molecular formula is C13H23N5O3. The predicted molar refractivity (Wildman–Crippen MR) is 82.4 cm³/mol. The molecule has 1 heterocycles. The first kappa shape index (κ1) is 16.8. The van der Waals surface area contributed by atoms with Crippen molar-refractivity contribution >= 4 is 17.4 Å². The lowest BCUT2D eigenvalue weighted by Crippen LogP contribution is -2.41. The van der Waals surface area contributed by atoms with E-state index in [2.05, 4.69) is 10.6 Å². The standard InChI is InChI=1S/C13H23N5O3/c1-4-5-8-18-11(14)10(12(20)17(3)13(18)21)16-7-6-9(19)15-2/h16H,4-8,14H2,1-3H3,(H,15,19). The molecule has 0 unspecified atom stereocenters. The summed E-state index contributed by atoms with van der Waals surface area (Å²) in [5.74, 6) is -0.0225. The molecule has 0 aliphatic heterocycles. The number of nitrogen functional groups attached to an aromatic ring is 1. The van der Waals surface area contributed by atoms with Gasteiger partial charge in [-0.1, -0.05) is 13.3 Å². The molecule has 118 valence electrons. The van der Waals surface area contributed by atoms with Crippen molar-refractivity contribution in [1.82, 2.24) is 14.5 Å². The number of anilines is 2. The molecule has 0 saturated carbocycles. The molecule has 0 atom stereocenters. The van der Waals surface area contributed by atoms with Crippen LogP contribution in [0.2, 0.25) is 0 Å². The monoisotopic (exact) mass is 297 g/mol. The maximum Gasteiger partial charge on any atom is 0.332 e. The van der Waals surface area contributed by atoms with E-state index in [0.717, 1.165) is 17.4 Å². The highest BCUT2D eigenvalue weighted by atomic mass is 16.2. The third-order valence-electron chi connectivity index (χ3n) is 3.25. The Labute approximate surface area is 122 Å². The molecule has 1 aromatic rings. The van der Waals surface area contributed by atoms with Gasteiger partial charge in [0.25, 0.3) is 5.56 Å². The fourth-order valence-corrected chi connectivity index (χ4v) is 1.91. The Morgan fingerprint density at radius 3 is 2.57 bits per heavy atom. The Bertz CT molecular complexity index is 617. The third-order valence-corrected chi connectivity index (χ3v) is 3.25. The topological polar surface area (TPSA) is 111 Å². The number of unbranched alkanes of at least 4 members (excludes halogenated alkanes) is 1. The Kier molecular flexibility index (Phi) is 6.01. The summed E-state index contributed by atoms with van der Waals surface area (Å²) in [6.07, 6.45) is 1.92. The van der Waals surface area contributed by atoms with Crippen LogP contribution in [0.5, 0.6) is 0 Å². The zero-order valence-electron chi connectivity index (χ0n) is 12.7. The molecule has 0 radical (unpaired) electrons. The number of nitrogens with two attached hydrogens (primary N) is 1. The van der Waals surface area contributed by atoms with Crippen molar-refractivity contribution in [2.24, 2.45) is 7.05 Å². The van der Waals surface area contributed by atoms with Gasteiger partial charge in [-0.3, -0.25) is 18.7 Å². The molecule has 0 aliphatic carbocycles. The molecule has 0 saturated heterocycles. The van der Waals surface area contributed by atoms with Gasteiger partial charge in [0.15, 0.2) is 0 Å². The van der Waals surface area contributed by atoms with Crippen LogP contribution in [0.1, 0.15) is 26.2 Å². The van der Waals surface area contributed by atoms with Crippen LogP contribution in [-0.2, 0) is 18.4 Å². The molecule has 8 heteroatoms. The van der Waals surface area contributed by atoms with Crippen LogP contribution in [0.25, 0.3) is 0 Å². The van der Waals surface area contributed by atoms with E-state index in [4.69, 9.17) is 5.73 Å². The van der Waals surface area contributed by atoms with Crippen molar-refractivity contribution in [3.63, 3.8) is 0 Å². The number of amides is 1. The van der Waals surface area contributed by atoms with E-state index in [-0.39, 0.29) is 30.4 Å². The van der Waals surface area contributed by atoms with Crippen LogP contribution in [0.3, 0.4) is 0 Å². The second-order valence-corrected chi connectivity index (χ2v) is 4.76. The summed E-state index contributed by atoms with van der Waals surface area (Å²) in [7, 11) is 2.96. The van der Waals surface area contributed by atoms with Crippen LogP contribution in [0.15, 0.2) is 9.59 Å². The van der Waals surface area contributed by atoms with E-state index < -0.39 is 11.2 Å². The minimum Gasteiger partial charge on any atom is -0.383 e. The number of carbonyl (C=O) groups excluding carboxylic acids is 1. The highest BCUT2D eigenvalue weighted by Gasteiger charge is 2.14. The molecule has 0 bridgehead atoms. The van der Waals surface area contributed by atoms with Crippen molar-refractivity contribution < 1.29 is 4.79 Å². The Morgan fingerprint density at radius 1 is 1.33 bits per heavy atom. The predicted octanol–water partition coefficient (Wildman–Crippen LogP) is -0.523. The second-order valence-electron chi connectivity index (χ2n) is 4.76. The van der Waals surface area contributed by atoms with Crippen molar-refractivity contribution in [2.45, 2.75) is 32.7 Å². The summed E-state index contributed by atoms with van der Waals surface area (Å²) >= 11 is 0. The maximum absolute atomic E-state index is 12.1. The smallest absolute Gasteiger partial charge is 0.332 e. The summed E-state index contributed by atoms with van der Waals surface area (Å²) in [4.78, 5) is 35.3. The zero-order chi connectivity index (χ0) is 16.0. The van der Waals surface area contributed by atoms with E-state index in [1.165, 1.54) is 11.6 Å². The number of hydrogen-bond donors (Lipinski definition) is 3. The van der Waals surface area contributed by atoms with Crippen LogP contribution >= 0.6 is 0 Å². The van der Waals surface area contributed by atoms with Gasteiger partial charge in [-0.05, 0) is 6.42 Å². The molecule has 0 fully saturated rings. The van der Waals surface area contributed by atoms with Gasteiger partial charge in [0.05, 0.1) is 0 Å². The van der Waals surface area contributed by atoms with Crippen molar-refractivity contribution in [3.05, 3.63) is 20.8 Å². The Morgan fingerprint density at radius 2 is 2.00 bits per heavy atom. The van der Waals surface area contributed by atoms with Gasteiger partial charge in [-0.2, -0.15) is 0 Å². The first-order chi connectivity index (χ1) is 9.93. The van der Waals surface area contributed by atoms with Crippen LogP contribution in [0.4, 0.5) is 11.5 Å². The van der Waals surface area contributed by atoms with Gasteiger partial charge in [0.2, 0.25) is 5.91 Å². The van der Waals surface area contributed by atoms with Gasteiger partial charge in [0, 0.05) is 33.6 Å². The number of nitrogens with one attached hydrogen (secondary N) is 2. The summed E-state index contributed by atoms with van der Waals surface area (Å²) < 4.78 is 2.40. The summed E-state index contributed by atoms with van der Waals surface area (Å²) in [6.45, 7) is 2.73. The molecule has 0 aliphatic rings. The van der Waals surface area contributed by atoms with Crippen LogP contribution < -0.4 is 27.6 Å². The highest BCUT2D eigenvalue weighted by Crippen LogP contribution is 2.11. The van der Waals surface area contributed by atoms with Gasteiger partial charge in [0.1, 0.15) is 11.5 Å². The lowest BCUT2D eigenvalue weighted by atomic mass is 10.3. The summed E-state index contributed by atoms with van der Waals surface area (Å²) in [5, 5.41) is 5.34. The van der Waals surface area contributed by atoms with Gasteiger partial charge >= 0.3 is 5.69 Å². The Balaban J connectivity index is 3.08. The zero-order valence-corrected chi connectivity index (χ0v) is 12.7. The number of carbonyl (C=O) groups is 1. The molecule has 1 rings (SSSR count). The highest BCUT2D eigenvalue weighted by molar-refractivity contribution is 5.76. The number of rotatable bonds is 7. The lowest BCUT2D eigenvalue weighted by molar-refractivity contribution is -0.120. The van der Waals surface area contributed by atoms with E-state index in [0.29, 0.717) is 6.54 Å². The van der Waals surface area contributed by atoms with Gasteiger partial charge in [-0.15, -0.1) is 0 Å². The lowest BCUT2D eigenvalue weighted by Gasteiger charge is -2.15. The molecule has 8 nitrogen and oxygen atoms in total. The fraction of sp³-hybridized carbons (Fsp3) is 0.615. The minimum absolute atomic E-state index is 0.119. The van der Waals surface area contributed by atoms with Gasteiger partial charge < -0.3 is 16.4 Å². The second kappa shape index (κ2) is 7.51. The normalized spacial score (nSPS) is 10.4. The quantitative estimate of drug-likeness (QED) is 0.627. The summed E-state index contributed by atoms with van der Waals surface area (Å²) in [5.41, 5.74) is 5.18. The van der Waals surface area contributed by atoms with E-state index in [9.17, 15) is 14.4 Å². The SMILES string of the molecule is CCCCn1c(N)c(NCCC(=O)NC)c(=O)n(C)c1=O. The van der Waals surface area contributed by atoms with Crippen molar-refractivity contribution in [2.75, 3.05) is 24.6 Å². The van der Waals surface area contributed by atoms with Gasteiger partial charge in [-0.25, -0.2) is 4.79 Å². The molecule has 4 N–H and O–H groups in total.